The van der Waals surface area contributed by atoms with Crippen molar-refractivity contribution in [2.75, 3.05) is 14.2 Å². The average Bonchev–Trinajstić information content (AvgIpc) is 2.67. The molecule has 20 heavy (non-hydrogen) atoms. The van der Waals surface area contributed by atoms with E-state index in [1.807, 2.05) is 24.3 Å². The topological polar surface area (TPSA) is 38.7 Å². The lowest BCUT2D eigenvalue weighted by molar-refractivity contribution is 0.303. The first-order valence-corrected chi connectivity index (χ1v) is 6.69. The van der Waals surface area contributed by atoms with Gasteiger partial charge < -0.3 is 14.6 Å². The first-order chi connectivity index (χ1) is 9.72. The highest BCUT2D eigenvalue weighted by Crippen LogP contribution is 2.22. The van der Waals surface area contributed by atoms with E-state index in [4.69, 9.17) is 9.47 Å². The summed E-state index contributed by atoms with van der Waals surface area (Å²) in [4.78, 5) is 0. The van der Waals surface area contributed by atoms with Crippen LogP contribution in [-0.2, 0) is 11.2 Å². The lowest BCUT2D eigenvalue weighted by Crippen LogP contribution is -1.93. The Morgan fingerprint density at radius 3 is 2.45 bits per heavy atom. The number of aliphatic hydroxyl groups is 1. The van der Waals surface area contributed by atoms with E-state index in [1.165, 1.54) is 5.56 Å². The molecule has 0 aliphatic heterocycles. The van der Waals surface area contributed by atoms with Crippen molar-refractivity contribution in [2.45, 2.75) is 19.3 Å². The zero-order chi connectivity index (χ0) is 14.4. The zero-order valence-corrected chi connectivity index (χ0v) is 11.9. The van der Waals surface area contributed by atoms with Crippen molar-refractivity contribution < 1.29 is 14.6 Å². The van der Waals surface area contributed by atoms with Gasteiger partial charge in [-0.15, -0.1) is 0 Å². The number of methoxy groups -OCH3 is 2. The quantitative estimate of drug-likeness (QED) is 0.882. The van der Waals surface area contributed by atoms with Crippen molar-refractivity contribution in [2.24, 2.45) is 0 Å². The second-order valence-corrected chi connectivity index (χ2v) is 4.69. The standard InChI is InChI=1S/C17H20O3/c1-19-15-10-7-13(8-11-15)6-9-14-4-3-5-16(20-2)12-17(14)18/h3,5,7-8,10-12,18H,4,6,9H2,1-2H3. The van der Waals surface area contributed by atoms with Crippen molar-refractivity contribution in [1.29, 1.82) is 0 Å². The molecule has 1 aliphatic rings. The normalized spacial score (nSPS) is 14.8. The Balaban J connectivity index is 2.02. The maximum atomic E-state index is 10.1. The number of benzene rings is 1. The van der Waals surface area contributed by atoms with Gasteiger partial charge in [0, 0.05) is 6.08 Å². The number of aliphatic hydroxyl groups excluding tert-OH is 1. The van der Waals surface area contributed by atoms with Crippen molar-refractivity contribution in [3.8, 4) is 5.75 Å². The third-order valence-corrected chi connectivity index (χ3v) is 3.40. The number of allylic oxidation sites excluding steroid dienone is 4. The predicted octanol–water partition coefficient (Wildman–Crippen LogP) is 3.93. The fourth-order valence-corrected chi connectivity index (χ4v) is 2.15. The summed E-state index contributed by atoms with van der Waals surface area (Å²) in [5.41, 5.74) is 2.26. The molecule has 3 nitrogen and oxygen atoms in total. The number of aryl methyl sites for hydroxylation is 1. The van der Waals surface area contributed by atoms with E-state index in [0.717, 1.165) is 30.6 Å². The molecule has 3 heteroatoms. The lowest BCUT2D eigenvalue weighted by atomic mass is 10.0. The second-order valence-electron chi connectivity index (χ2n) is 4.69. The average molecular weight is 272 g/mol. The molecule has 0 aromatic heterocycles. The molecule has 0 spiro atoms. The van der Waals surface area contributed by atoms with E-state index in [0.29, 0.717) is 11.5 Å². The largest absolute Gasteiger partial charge is 0.508 e. The van der Waals surface area contributed by atoms with Gasteiger partial charge in [-0.1, -0.05) is 18.2 Å². The van der Waals surface area contributed by atoms with Gasteiger partial charge in [-0.2, -0.15) is 0 Å². The van der Waals surface area contributed by atoms with Gasteiger partial charge in [-0.3, -0.25) is 0 Å². The Hall–Kier alpha value is -2.16. The van der Waals surface area contributed by atoms with Gasteiger partial charge in [0.05, 0.1) is 14.2 Å². The Kier molecular flexibility index (Phi) is 4.88. The molecule has 0 bridgehead atoms. The van der Waals surface area contributed by atoms with E-state index in [2.05, 4.69) is 12.1 Å². The molecular weight excluding hydrogens is 252 g/mol. The minimum atomic E-state index is 0.320. The molecule has 0 heterocycles. The summed E-state index contributed by atoms with van der Waals surface area (Å²) in [5, 5.41) is 10.1. The summed E-state index contributed by atoms with van der Waals surface area (Å²) in [6.07, 6.45) is 8.06. The van der Waals surface area contributed by atoms with Gasteiger partial charge >= 0.3 is 0 Å². The number of rotatable bonds is 5. The molecule has 0 atom stereocenters. The van der Waals surface area contributed by atoms with Gasteiger partial charge in [0.1, 0.15) is 17.3 Å². The van der Waals surface area contributed by atoms with Crippen molar-refractivity contribution in [3.63, 3.8) is 0 Å². The van der Waals surface area contributed by atoms with Crippen molar-refractivity contribution >= 4 is 0 Å². The van der Waals surface area contributed by atoms with Crippen LogP contribution >= 0.6 is 0 Å². The highest BCUT2D eigenvalue weighted by molar-refractivity contribution is 5.33. The van der Waals surface area contributed by atoms with Crippen LogP contribution in [0.15, 0.2) is 59.6 Å². The first kappa shape index (κ1) is 14.3. The molecule has 106 valence electrons. The summed E-state index contributed by atoms with van der Waals surface area (Å²) in [7, 11) is 3.27. The molecule has 0 saturated heterocycles. The highest BCUT2D eigenvalue weighted by Gasteiger charge is 2.08. The van der Waals surface area contributed by atoms with Gasteiger partial charge in [-0.05, 0) is 48.6 Å². The number of hydrogen-bond donors (Lipinski definition) is 1. The molecule has 1 aromatic rings. The van der Waals surface area contributed by atoms with E-state index in [9.17, 15) is 5.11 Å². The third-order valence-electron chi connectivity index (χ3n) is 3.40. The molecule has 1 aromatic carbocycles. The van der Waals surface area contributed by atoms with Crippen LogP contribution in [0.25, 0.3) is 0 Å². The summed E-state index contributed by atoms with van der Waals surface area (Å²) < 4.78 is 10.3. The van der Waals surface area contributed by atoms with Gasteiger partial charge in [0.15, 0.2) is 0 Å². The summed E-state index contributed by atoms with van der Waals surface area (Å²) in [6.45, 7) is 0. The monoisotopic (exact) mass is 272 g/mol. The zero-order valence-electron chi connectivity index (χ0n) is 11.9. The minimum Gasteiger partial charge on any atom is -0.508 e. The Morgan fingerprint density at radius 2 is 1.80 bits per heavy atom. The molecule has 0 amide bonds. The van der Waals surface area contributed by atoms with E-state index in [-0.39, 0.29) is 0 Å². The predicted molar refractivity (Wildman–Crippen MR) is 79.8 cm³/mol. The number of hydrogen-bond acceptors (Lipinski definition) is 3. The van der Waals surface area contributed by atoms with Gasteiger partial charge in [0.2, 0.25) is 0 Å². The van der Waals surface area contributed by atoms with E-state index >= 15 is 0 Å². The SMILES string of the molecule is COC1=CC(O)=C(CCc2ccc(OC)cc2)CC=C1. The molecule has 2 rings (SSSR count). The Labute approximate surface area is 119 Å². The van der Waals surface area contributed by atoms with Crippen LogP contribution in [0.5, 0.6) is 5.75 Å². The molecule has 0 saturated carbocycles. The lowest BCUT2D eigenvalue weighted by Gasteiger charge is -2.07. The van der Waals surface area contributed by atoms with Crippen LogP contribution in [0.3, 0.4) is 0 Å². The summed E-state index contributed by atoms with van der Waals surface area (Å²) in [6, 6.07) is 8.03. The fraction of sp³-hybridized carbons (Fsp3) is 0.294. The minimum absolute atomic E-state index is 0.320. The van der Waals surface area contributed by atoms with Crippen LogP contribution < -0.4 is 4.74 Å². The maximum absolute atomic E-state index is 10.1. The molecule has 0 fully saturated rings. The first-order valence-electron chi connectivity index (χ1n) is 6.69. The number of ether oxygens (including phenoxy) is 2. The molecule has 1 aliphatic carbocycles. The Morgan fingerprint density at radius 1 is 1.05 bits per heavy atom. The maximum Gasteiger partial charge on any atom is 0.122 e. The third kappa shape index (κ3) is 3.67. The smallest absolute Gasteiger partial charge is 0.122 e. The fourth-order valence-electron chi connectivity index (χ4n) is 2.15. The molecule has 1 N–H and O–H groups in total. The van der Waals surface area contributed by atoms with Crippen LogP contribution in [-0.4, -0.2) is 19.3 Å². The van der Waals surface area contributed by atoms with Crippen LogP contribution in [0.2, 0.25) is 0 Å². The summed E-state index contributed by atoms with van der Waals surface area (Å²) in [5.74, 6) is 1.86. The molecule has 0 radical (unpaired) electrons. The molecular formula is C17H20O3. The van der Waals surface area contributed by atoms with E-state index in [1.54, 1.807) is 20.3 Å². The van der Waals surface area contributed by atoms with Gasteiger partial charge in [0.25, 0.3) is 0 Å². The summed E-state index contributed by atoms with van der Waals surface area (Å²) >= 11 is 0. The van der Waals surface area contributed by atoms with Crippen molar-refractivity contribution in [3.05, 3.63) is 65.1 Å². The van der Waals surface area contributed by atoms with Crippen LogP contribution in [0, 0.1) is 0 Å². The highest BCUT2D eigenvalue weighted by atomic mass is 16.5. The van der Waals surface area contributed by atoms with Crippen LogP contribution in [0.1, 0.15) is 18.4 Å². The van der Waals surface area contributed by atoms with E-state index < -0.39 is 0 Å². The Bertz CT molecular complexity index is 536. The van der Waals surface area contributed by atoms with Gasteiger partial charge in [-0.25, -0.2) is 0 Å². The van der Waals surface area contributed by atoms with Crippen LogP contribution in [0.4, 0.5) is 0 Å². The second kappa shape index (κ2) is 6.85. The van der Waals surface area contributed by atoms with Crippen molar-refractivity contribution in [1.82, 2.24) is 0 Å². The molecule has 0 unspecified atom stereocenters.